The molecule has 0 bridgehead atoms. The highest BCUT2D eigenvalue weighted by atomic mass is 19.2. The zero-order chi connectivity index (χ0) is 9.19. The molecule has 0 radical (unpaired) electrons. The van der Waals surface area contributed by atoms with Gasteiger partial charge in [-0.1, -0.05) is 0 Å². The molecule has 1 aliphatic carbocycles. The zero-order valence-corrected chi connectivity index (χ0v) is 5.96. The summed E-state index contributed by atoms with van der Waals surface area (Å²) in [6.07, 6.45) is 0.598. The number of nitriles is 2. The molecule has 1 rings (SSSR count). The maximum absolute atomic E-state index is 13.0. The van der Waals surface area contributed by atoms with Crippen LogP contribution in [0.2, 0.25) is 0 Å². The molecule has 0 heterocycles. The molecule has 0 fully saturated rings. The summed E-state index contributed by atoms with van der Waals surface area (Å²) >= 11 is 0. The van der Waals surface area contributed by atoms with Crippen LogP contribution in [-0.4, -0.2) is 11.8 Å². The first kappa shape index (κ1) is 8.42. The van der Waals surface area contributed by atoms with Gasteiger partial charge in [-0.25, -0.2) is 8.78 Å². The van der Waals surface area contributed by atoms with E-state index in [1.807, 2.05) is 0 Å². The van der Waals surface area contributed by atoms with Crippen LogP contribution in [0.1, 0.15) is 0 Å². The van der Waals surface area contributed by atoms with Gasteiger partial charge in [0, 0.05) is 0 Å². The van der Waals surface area contributed by atoms with Crippen LogP contribution in [0, 0.1) is 22.7 Å². The summed E-state index contributed by atoms with van der Waals surface area (Å²) in [5.41, 5.74) is -2.58. The molecule has 60 valence electrons. The predicted octanol–water partition coefficient (Wildman–Crippen LogP) is 1.58. The fraction of sp³-hybridized carbons (Fsp3) is 0.250. The van der Waals surface area contributed by atoms with Crippen molar-refractivity contribution in [2.45, 2.75) is 11.8 Å². The number of nitrogens with zero attached hydrogens (tertiary/aromatic N) is 2. The van der Waals surface area contributed by atoms with Crippen molar-refractivity contribution in [1.82, 2.24) is 0 Å². The van der Waals surface area contributed by atoms with E-state index in [1.54, 1.807) is 6.07 Å². The van der Waals surface area contributed by atoms with Crippen molar-refractivity contribution in [2.75, 3.05) is 0 Å². The fourth-order valence-corrected chi connectivity index (χ4v) is 0.811. The van der Waals surface area contributed by atoms with Gasteiger partial charge in [0.15, 0.2) is 6.17 Å². The monoisotopic (exact) mass is 166 g/mol. The van der Waals surface area contributed by atoms with E-state index in [2.05, 4.69) is 0 Å². The van der Waals surface area contributed by atoms with Crippen LogP contribution < -0.4 is 0 Å². The highest BCUT2D eigenvalue weighted by Gasteiger charge is 2.38. The minimum atomic E-state index is -2.61. The van der Waals surface area contributed by atoms with E-state index in [-0.39, 0.29) is 5.57 Å². The second-order valence-electron chi connectivity index (χ2n) is 2.35. The normalized spacial score (nSPS) is 33.3. The molecule has 0 aromatic rings. The first-order valence-electron chi connectivity index (χ1n) is 3.18. The summed E-state index contributed by atoms with van der Waals surface area (Å²) in [4.78, 5) is 0. The van der Waals surface area contributed by atoms with E-state index in [4.69, 9.17) is 10.5 Å². The Morgan fingerprint density at radius 2 is 2.17 bits per heavy atom. The molecule has 0 aromatic heterocycles. The van der Waals surface area contributed by atoms with Gasteiger partial charge in [-0.15, -0.1) is 0 Å². The van der Waals surface area contributed by atoms with Crippen LogP contribution in [-0.2, 0) is 0 Å². The van der Waals surface area contributed by atoms with Crippen molar-refractivity contribution in [3.63, 3.8) is 0 Å². The molecule has 4 heteroatoms. The average molecular weight is 166 g/mol. The van der Waals surface area contributed by atoms with E-state index in [1.165, 1.54) is 6.07 Å². The summed E-state index contributed by atoms with van der Waals surface area (Å²) in [7, 11) is 0. The first-order valence-corrected chi connectivity index (χ1v) is 3.18. The van der Waals surface area contributed by atoms with Gasteiger partial charge in [0.05, 0.1) is 11.6 Å². The lowest BCUT2D eigenvalue weighted by Crippen LogP contribution is -2.31. The number of rotatable bonds is 0. The maximum Gasteiger partial charge on any atom is 0.249 e. The van der Waals surface area contributed by atoms with E-state index < -0.39 is 11.8 Å². The molecular weight excluding hydrogens is 162 g/mol. The number of alkyl halides is 2. The maximum atomic E-state index is 13.0. The van der Waals surface area contributed by atoms with Crippen LogP contribution in [0.25, 0.3) is 0 Å². The second-order valence-corrected chi connectivity index (χ2v) is 2.35. The summed E-state index contributed by atoms with van der Waals surface area (Å²) in [6, 6.07) is 2.85. The Morgan fingerprint density at radius 1 is 1.50 bits per heavy atom. The van der Waals surface area contributed by atoms with Gasteiger partial charge < -0.3 is 0 Å². The van der Waals surface area contributed by atoms with Gasteiger partial charge in [0.25, 0.3) is 0 Å². The van der Waals surface area contributed by atoms with E-state index in [9.17, 15) is 8.78 Å². The van der Waals surface area contributed by atoms with E-state index in [0.29, 0.717) is 0 Å². The van der Waals surface area contributed by atoms with Crippen LogP contribution in [0.15, 0.2) is 23.8 Å². The lowest BCUT2D eigenvalue weighted by Gasteiger charge is -2.18. The van der Waals surface area contributed by atoms with Crippen molar-refractivity contribution in [3.8, 4) is 12.1 Å². The number of hydrogen-bond acceptors (Lipinski definition) is 2. The SMILES string of the molecule is N#CC1=CC(F)C(F)(C#N)C=C1. The fourth-order valence-electron chi connectivity index (χ4n) is 0.811. The quantitative estimate of drug-likeness (QED) is 0.548. The van der Waals surface area contributed by atoms with Crippen LogP contribution >= 0.6 is 0 Å². The Labute approximate surface area is 68.0 Å². The highest BCUT2D eigenvalue weighted by molar-refractivity contribution is 5.43. The van der Waals surface area contributed by atoms with Crippen molar-refractivity contribution in [2.24, 2.45) is 0 Å². The van der Waals surface area contributed by atoms with Gasteiger partial charge in [0.2, 0.25) is 5.67 Å². The lowest BCUT2D eigenvalue weighted by atomic mass is 9.94. The Bertz CT molecular complexity index is 332. The Morgan fingerprint density at radius 3 is 2.58 bits per heavy atom. The number of hydrogen-bond donors (Lipinski definition) is 0. The molecule has 2 nitrogen and oxygen atoms in total. The largest absolute Gasteiger partial charge is 0.249 e. The van der Waals surface area contributed by atoms with Gasteiger partial charge in [-0.3, -0.25) is 0 Å². The Balaban J connectivity index is 3.00. The van der Waals surface area contributed by atoms with Crippen LogP contribution in [0.3, 0.4) is 0 Å². The molecular formula is C8H4F2N2. The molecule has 0 aliphatic heterocycles. The third kappa shape index (κ3) is 1.19. The highest BCUT2D eigenvalue weighted by Crippen LogP contribution is 2.27. The number of allylic oxidation sites excluding steroid dienone is 4. The molecule has 0 N–H and O–H groups in total. The summed E-state index contributed by atoms with van der Waals surface area (Å²) < 4.78 is 25.8. The zero-order valence-electron chi connectivity index (χ0n) is 5.96. The van der Waals surface area contributed by atoms with E-state index in [0.717, 1.165) is 18.2 Å². The van der Waals surface area contributed by atoms with Gasteiger partial charge in [-0.05, 0) is 18.2 Å². The average Bonchev–Trinajstić information content (AvgIpc) is 2.10. The number of halogens is 2. The second kappa shape index (κ2) is 2.75. The lowest BCUT2D eigenvalue weighted by molar-refractivity contribution is 0.180. The van der Waals surface area contributed by atoms with Crippen molar-refractivity contribution < 1.29 is 8.78 Å². The van der Waals surface area contributed by atoms with Gasteiger partial charge in [0.1, 0.15) is 6.07 Å². The minimum Gasteiger partial charge on any atom is -0.238 e. The van der Waals surface area contributed by atoms with Crippen molar-refractivity contribution in [1.29, 1.82) is 10.5 Å². The molecule has 0 saturated carbocycles. The predicted molar refractivity (Wildman–Crippen MR) is 37.2 cm³/mol. The van der Waals surface area contributed by atoms with Crippen molar-refractivity contribution in [3.05, 3.63) is 23.8 Å². The third-order valence-electron chi connectivity index (χ3n) is 1.53. The molecule has 12 heavy (non-hydrogen) atoms. The molecule has 0 amide bonds. The smallest absolute Gasteiger partial charge is 0.238 e. The molecule has 2 unspecified atom stereocenters. The molecule has 0 saturated heterocycles. The molecule has 1 aliphatic rings. The molecule has 0 aromatic carbocycles. The molecule has 0 spiro atoms. The van der Waals surface area contributed by atoms with Gasteiger partial charge >= 0.3 is 0 Å². The van der Waals surface area contributed by atoms with E-state index >= 15 is 0 Å². The summed E-state index contributed by atoms with van der Waals surface area (Å²) in [5, 5.41) is 16.6. The topological polar surface area (TPSA) is 47.6 Å². The third-order valence-corrected chi connectivity index (χ3v) is 1.53. The minimum absolute atomic E-state index is 0.0334. The molecule has 2 atom stereocenters. The van der Waals surface area contributed by atoms with Crippen LogP contribution in [0.4, 0.5) is 8.78 Å². The van der Waals surface area contributed by atoms with Crippen LogP contribution in [0.5, 0.6) is 0 Å². The first-order chi connectivity index (χ1) is 5.62. The van der Waals surface area contributed by atoms with Gasteiger partial charge in [-0.2, -0.15) is 10.5 Å². The van der Waals surface area contributed by atoms with Crippen molar-refractivity contribution >= 4 is 0 Å². The summed E-state index contributed by atoms with van der Waals surface area (Å²) in [6.45, 7) is 0. The Hall–Kier alpha value is -1.68. The standard InChI is InChI=1S/C8H4F2N2/c9-7-3-6(4-11)1-2-8(7,10)5-12/h1-3,7H. The Kier molecular flexibility index (Phi) is 1.93. The summed E-state index contributed by atoms with van der Waals surface area (Å²) in [5.74, 6) is 0.